The van der Waals surface area contributed by atoms with Crippen molar-refractivity contribution in [1.29, 1.82) is 0 Å². The molecule has 0 unspecified atom stereocenters. The monoisotopic (exact) mass is 242 g/mol. The van der Waals surface area contributed by atoms with Crippen molar-refractivity contribution in [2.75, 3.05) is 0 Å². The molecule has 0 N–H and O–H groups in total. The molecular weight excluding hydrogens is 238 g/mol. The summed E-state index contributed by atoms with van der Waals surface area (Å²) >= 11 is 11.1. The molecule has 0 atom stereocenters. The number of alkyl halides is 1. The van der Waals surface area contributed by atoms with E-state index in [2.05, 4.69) is 0 Å². The van der Waals surface area contributed by atoms with Gasteiger partial charge >= 0.3 is 10.2 Å². The minimum atomic E-state index is -4.68. The van der Waals surface area contributed by atoms with Crippen molar-refractivity contribution in [3.63, 3.8) is 0 Å². The number of hydrogen-bond donors (Lipinski definition) is 0. The van der Waals surface area contributed by atoms with E-state index in [0.29, 0.717) is 5.56 Å². The normalized spacial score (nSPS) is 11.6. The Bertz CT molecular complexity index is 417. The Labute approximate surface area is 85.5 Å². The summed E-state index contributed by atoms with van der Waals surface area (Å²) < 4.78 is 33.3. The van der Waals surface area contributed by atoms with Gasteiger partial charge in [0, 0.05) is 10.9 Å². The maximum absolute atomic E-state index is 12.4. The SMILES string of the molecule is O=S(=O)(F)c1ccc(CCl)c(Cl)c1. The van der Waals surface area contributed by atoms with Gasteiger partial charge in [-0.3, -0.25) is 0 Å². The van der Waals surface area contributed by atoms with E-state index in [1.54, 1.807) is 0 Å². The molecule has 0 fully saturated rings. The molecule has 0 spiro atoms. The van der Waals surface area contributed by atoms with Crippen molar-refractivity contribution in [3.8, 4) is 0 Å². The van der Waals surface area contributed by atoms with E-state index in [1.807, 2.05) is 0 Å². The number of hydrogen-bond acceptors (Lipinski definition) is 2. The van der Waals surface area contributed by atoms with Crippen LogP contribution in [-0.2, 0) is 16.1 Å². The fourth-order valence-electron chi connectivity index (χ4n) is 0.788. The first kappa shape index (κ1) is 10.8. The first-order valence-electron chi connectivity index (χ1n) is 3.24. The number of halogens is 3. The maximum atomic E-state index is 12.4. The van der Waals surface area contributed by atoms with Crippen molar-refractivity contribution in [2.45, 2.75) is 10.8 Å². The molecule has 0 amide bonds. The minimum Gasteiger partial charge on any atom is -0.189 e. The molecule has 2 nitrogen and oxygen atoms in total. The van der Waals surface area contributed by atoms with Gasteiger partial charge in [-0.1, -0.05) is 17.7 Å². The highest BCUT2D eigenvalue weighted by atomic mass is 35.5. The Morgan fingerprint density at radius 2 is 2.00 bits per heavy atom. The molecule has 72 valence electrons. The zero-order valence-electron chi connectivity index (χ0n) is 6.30. The molecule has 0 bridgehead atoms. The molecule has 0 heterocycles. The van der Waals surface area contributed by atoms with E-state index < -0.39 is 15.1 Å². The highest BCUT2D eigenvalue weighted by Gasteiger charge is 2.13. The summed E-state index contributed by atoms with van der Waals surface area (Å²) in [4.78, 5) is -0.452. The van der Waals surface area contributed by atoms with Gasteiger partial charge in [0.2, 0.25) is 0 Å². The van der Waals surface area contributed by atoms with Crippen LogP contribution in [0.1, 0.15) is 5.56 Å². The average molecular weight is 243 g/mol. The molecular formula is C7H5Cl2FO2S. The van der Waals surface area contributed by atoms with Gasteiger partial charge in [0.05, 0.1) is 4.90 Å². The quantitative estimate of drug-likeness (QED) is 0.591. The first-order chi connectivity index (χ1) is 5.95. The van der Waals surface area contributed by atoms with Crippen LogP contribution in [0, 0.1) is 0 Å². The lowest BCUT2D eigenvalue weighted by Gasteiger charge is -2.00. The largest absolute Gasteiger partial charge is 0.332 e. The van der Waals surface area contributed by atoms with E-state index in [-0.39, 0.29) is 10.9 Å². The second-order valence-electron chi connectivity index (χ2n) is 2.32. The molecule has 0 aliphatic heterocycles. The van der Waals surface area contributed by atoms with Crippen molar-refractivity contribution in [3.05, 3.63) is 28.8 Å². The first-order valence-corrected chi connectivity index (χ1v) is 5.54. The third-order valence-corrected chi connectivity index (χ3v) is 2.91. The lowest BCUT2D eigenvalue weighted by Crippen LogP contribution is -1.92. The van der Waals surface area contributed by atoms with Crippen LogP contribution in [0.5, 0.6) is 0 Å². The van der Waals surface area contributed by atoms with Crippen LogP contribution >= 0.6 is 23.2 Å². The highest BCUT2D eigenvalue weighted by molar-refractivity contribution is 7.86. The molecule has 13 heavy (non-hydrogen) atoms. The third-order valence-electron chi connectivity index (χ3n) is 1.45. The van der Waals surface area contributed by atoms with Gasteiger partial charge in [0.1, 0.15) is 0 Å². The number of rotatable bonds is 2. The van der Waals surface area contributed by atoms with Crippen LogP contribution in [0.15, 0.2) is 23.1 Å². The van der Waals surface area contributed by atoms with Gasteiger partial charge in [-0.25, -0.2) is 0 Å². The zero-order valence-corrected chi connectivity index (χ0v) is 8.63. The van der Waals surface area contributed by atoms with Crippen molar-refractivity contribution in [1.82, 2.24) is 0 Å². The summed E-state index contributed by atoms with van der Waals surface area (Å²) in [6.45, 7) is 0. The Balaban J connectivity index is 3.26. The molecule has 0 saturated carbocycles. The van der Waals surface area contributed by atoms with Gasteiger partial charge in [0.25, 0.3) is 0 Å². The smallest absolute Gasteiger partial charge is 0.189 e. The number of benzene rings is 1. The van der Waals surface area contributed by atoms with Gasteiger partial charge in [-0.05, 0) is 17.7 Å². The van der Waals surface area contributed by atoms with Crippen LogP contribution in [0.3, 0.4) is 0 Å². The molecule has 1 aromatic carbocycles. The average Bonchev–Trinajstić information content (AvgIpc) is 2.02. The van der Waals surface area contributed by atoms with Crippen molar-refractivity contribution >= 4 is 33.4 Å². The fraction of sp³-hybridized carbons (Fsp3) is 0.143. The molecule has 6 heteroatoms. The predicted octanol–water partition coefficient (Wildman–Crippen LogP) is 2.74. The molecule has 1 aromatic rings. The Hall–Kier alpha value is -0.320. The molecule has 0 radical (unpaired) electrons. The predicted molar refractivity (Wildman–Crippen MR) is 49.3 cm³/mol. The summed E-state index contributed by atoms with van der Waals surface area (Å²) in [6, 6.07) is 3.54. The second-order valence-corrected chi connectivity index (χ2v) is 4.35. The van der Waals surface area contributed by atoms with Gasteiger partial charge in [-0.2, -0.15) is 8.42 Å². The summed E-state index contributed by atoms with van der Waals surface area (Å²) in [7, 11) is -4.68. The molecule has 0 aromatic heterocycles. The summed E-state index contributed by atoms with van der Waals surface area (Å²) in [5.74, 6) is 0.158. The molecule has 0 saturated heterocycles. The topological polar surface area (TPSA) is 34.1 Å². The lowest BCUT2D eigenvalue weighted by molar-refractivity contribution is 0.552. The van der Waals surface area contributed by atoms with Crippen LogP contribution in [-0.4, -0.2) is 8.42 Å². The standard InChI is InChI=1S/C7H5Cl2FO2S/c8-4-5-1-2-6(3-7(5)9)13(10,11)12/h1-3H,4H2. The van der Waals surface area contributed by atoms with E-state index >= 15 is 0 Å². The van der Waals surface area contributed by atoms with Crippen molar-refractivity contribution < 1.29 is 12.3 Å². The van der Waals surface area contributed by atoms with Crippen LogP contribution in [0.2, 0.25) is 5.02 Å². The zero-order chi connectivity index (χ0) is 10.1. The third kappa shape index (κ3) is 2.56. The van der Waals surface area contributed by atoms with Crippen molar-refractivity contribution in [2.24, 2.45) is 0 Å². The minimum absolute atomic E-state index is 0.147. The van der Waals surface area contributed by atoms with E-state index in [0.717, 1.165) is 12.1 Å². The van der Waals surface area contributed by atoms with Gasteiger partial charge in [-0.15, -0.1) is 15.5 Å². The highest BCUT2D eigenvalue weighted by Crippen LogP contribution is 2.23. The van der Waals surface area contributed by atoms with E-state index in [1.165, 1.54) is 6.07 Å². The van der Waals surface area contributed by atoms with E-state index in [4.69, 9.17) is 23.2 Å². The van der Waals surface area contributed by atoms with E-state index in [9.17, 15) is 12.3 Å². The summed E-state index contributed by atoms with van der Waals surface area (Å²) in [5, 5.41) is 0.147. The van der Waals surface area contributed by atoms with Gasteiger partial charge in [0.15, 0.2) is 0 Å². The Kier molecular flexibility index (Phi) is 3.16. The summed E-state index contributed by atoms with van der Waals surface area (Å²) in [5.41, 5.74) is 0.565. The van der Waals surface area contributed by atoms with Crippen LogP contribution in [0.25, 0.3) is 0 Å². The van der Waals surface area contributed by atoms with Gasteiger partial charge < -0.3 is 0 Å². The molecule has 1 rings (SSSR count). The maximum Gasteiger partial charge on any atom is 0.332 e. The second kappa shape index (κ2) is 3.82. The Morgan fingerprint density at radius 3 is 2.38 bits per heavy atom. The summed E-state index contributed by atoms with van der Waals surface area (Å²) in [6.07, 6.45) is 0. The molecule has 0 aliphatic rings. The lowest BCUT2D eigenvalue weighted by atomic mass is 10.2. The Morgan fingerprint density at radius 1 is 1.38 bits per heavy atom. The van der Waals surface area contributed by atoms with Crippen LogP contribution < -0.4 is 0 Å². The molecule has 0 aliphatic carbocycles. The fourth-order valence-corrected chi connectivity index (χ4v) is 1.89. The van der Waals surface area contributed by atoms with Crippen LogP contribution in [0.4, 0.5) is 3.89 Å².